The number of nitrogens with one attached hydrogen (secondary N) is 1. The van der Waals surface area contributed by atoms with Gasteiger partial charge in [0.1, 0.15) is 11.8 Å². The second kappa shape index (κ2) is 11.4. The van der Waals surface area contributed by atoms with Gasteiger partial charge in [0, 0.05) is 62.7 Å². The largest absolute Gasteiger partial charge is 0.383 e. The molecule has 3 aliphatic rings. The first kappa shape index (κ1) is 26.4. The van der Waals surface area contributed by atoms with Crippen LogP contribution in [0.5, 0.6) is 0 Å². The molecule has 8 heteroatoms. The normalized spacial score (nSPS) is 25.8. The van der Waals surface area contributed by atoms with Gasteiger partial charge in [-0.3, -0.25) is 4.90 Å². The van der Waals surface area contributed by atoms with E-state index in [0.29, 0.717) is 17.8 Å². The number of morpholine rings is 1. The van der Waals surface area contributed by atoms with Crippen molar-refractivity contribution in [2.75, 3.05) is 44.2 Å². The summed E-state index contributed by atoms with van der Waals surface area (Å²) in [4.78, 5) is 7.63. The number of rotatable bonds is 6. The number of hydrogen-bond acceptors (Lipinski definition) is 7. The van der Waals surface area contributed by atoms with E-state index in [9.17, 15) is 5.26 Å². The third kappa shape index (κ3) is 5.58. The molecule has 0 spiro atoms. The van der Waals surface area contributed by atoms with Crippen molar-refractivity contribution in [2.45, 2.75) is 51.5 Å². The molecule has 4 atom stereocenters. The van der Waals surface area contributed by atoms with E-state index in [1.807, 2.05) is 12.1 Å². The predicted octanol–water partition coefficient (Wildman–Crippen LogP) is 3.81. The van der Waals surface area contributed by atoms with E-state index in [1.54, 1.807) is 10.7 Å². The van der Waals surface area contributed by atoms with Crippen molar-refractivity contribution in [3.63, 3.8) is 0 Å². The number of dihydropyridines is 1. The van der Waals surface area contributed by atoms with Crippen LogP contribution in [-0.2, 0) is 11.2 Å². The molecule has 5 heterocycles. The minimum absolute atomic E-state index is 0.0902. The van der Waals surface area contributed by atoms with E-state index in [4.69, 9.17) is 4.74 Å². The molecule has 3 aromatic rings. The van der Waals surface area contributed by atoms with E-state index < -0.39 is 0 Å². The minimum Gasteiger partial charge on any atom is -0.383 e. The van der Waals surface area contributed by atoms with Crippen LogP contribution in [0.2, 0.25) is 0 Å². The lowest BCUT2D eigenvalue weighted by molar-refractivity contribution is -0.0460. The summed E-state index contributed by atoms with van der Waals surface area (Å²) in [5.41, 5.74) is 6.56. The molecule has 0 saturated carbocycles. The number of allylic oxidation sites excluding steroid dienone is 2. The first-order chi connectivity index (χ1) is 19.5. The molecule has 8 nitrogen and oxygen atoms in total. The fraction of sp³-hybridized carbons (Fsp3) is 0.438. The summed E-state index contributed by atoms with van der Waals surface area (Å²) in [5.74, 6) is 0. The first-order valence-electron chi connectivity index (χ1n) is 14.4. The van der Waals surface area contributed by atoms with Gasteiger partial charge >= 0.3 is 0 Å². The Morgan fingerprint density at radius 1 is 1.02 bits per heavy atom. The zero-order valence-electron chi connectivity index (χ0n) is 23.7. The highest BCUT2D eigenvalue weighted by atomic mass is 16.5. The lowest BCUT2D eigenvalue weighted by atomic mass is 10.00. The highest BCUT2D eigenvalue weighted by Crippen LogP contribution is 2.28. The molecule has 1 aromatic carbocycles. The monoisotopic (exact) mass is 537 g/mol. The summed E-state index contributed by atoms with van der Waals surface area (Å²) in [6, 6.07) is 19.8. The Hall–Kier alpha value is -3.80. The Kier molecular flexibility index (Phi) is 7.50. The SMILES string of the molecule is CC1=CC(N2CCN(C[C@H]3CN(c4ccc(C#N)n5nccc45)C[C@@H](C)O3)C(Cc3ccccc3)C2)=CC(C)N1. The van der Waals surface area contributed by atoms with E-state index in [0.717, 1.165) is 56.9 Å². The zero-order valence-corrected chi connectivity index (χ0v) is 23.7. The first-order valence-corrected chi connectivity index (χ1v) is 14.4. The summed E-state index contributed by atoms with van der Waals surface area (Å²) in [6.45, 7) is 12.1. The Labute approximate surface area is 237 Å². The van der Waals surface area contributed by atoms with E-state index >= 15 is 0 Å². The van der Waals surface area contributed by atoms with Crippen molar-refractivity contribution in [1.29, 1.82) is 5.26 Å². The summed E-state index contributed by atoms with van der Waals surface area (Å²) in [5, 5.41) is 17.4. The van der Waals surface area contributed by atoms with Crippen LogP contribution in [0.4, 0.5) is 5.69 Å². The summed E-state index contributed by atoms with van der Waals surface area (Å²) >= 11 is 0. The molecule has 1 N–H and O–H groups in total. The van der Waals surface area contributed by atoms with E-state index in [2.05, 4.69) is 101 Å². The van der Waals surface area contributed by atoms with Crippen LogP contribution >= 0.6 is 0 Å². The quantitative estimate of drug-likeness (QED) is 0.513. The van der Waals surface area contributed by atoms with Crippen molar-refractivity contribution < 1.29 is 4.74 Å². The van der Waals surface area contributed by atoms with Crippen LogP contribution in [0.3, 0.4) is 0 Å². The minimum atomic E-state index is 0.0902. The number of ether oxygens (including phenoxy) is 1. The number of aromatic nitrogens is 2. The molecule has 208 valence electrons. The van der Waals surface area contributed by atoms with Crippen LogP contribution in [-0.4, -0.2) is 83.0 Å². The summed E-state index contributed by atoms with van der Waals surface area (Å²) < 4.78 is 8.29. The topological polar surface area (TPSA) is 72.1 Å². The third-order valence-corrected chi connectivity index (χ3v) is 8.28. The van der Waals surface area contributed by atoms with Gasteiger partial charge in [-0.05, 0) is 63.1 Å². The smallest absolute Gasteiger partial charge is 0.142 e. The van der Waals surface area contributed by atoms with Crippen molar-refractivity contribution in [1.82, 2.24) is 24.7 Å². The van der Waals surface area contributed by atoms with Gasteiger partial charge in [-0.1, -0.05) is 30.3 Å². The Morgan fingerprint density at radius 3 is 2.67 bits per heavy atom. The molecule has 0 aliphatic carbocycles. The molecule has 40 heavy (non-hydrogen) atoms. The summed E-state index contributed by atoms with van der Waals surface area (Å²) in [7, 11) is 0. The van der Waals surface area contributed by atoms with Gasteiger partial charge in [-0.25, -0.2) is 4.52 Å². The number of fused-ring (bicyclic) bond motifs is 1. The van der Waals surface area contributed by atoms with Gasteiger partial charge in [0.15, 0.2) is 0 Å². The number of anilines is 1. The third-order valence-electron chi connectivity index (χ3n) is 8.28. The average Bonchev–Trinajstić information content (AvgIpc) is 3.43. The van der Waals surface area contributed by atoms with Gasteiger partial charge in [0.25, 0.3) is 0 Å². The second-order valence-corrected chi connectivity index (χ2v) is 11.5. The molecule has 2 saturated heterocycles. The van der Waals surface area contributed by atoms with Gasteiger partial charge in [0.05, 0.1) is 29.6 Å². The molecular formula is C32H39N7O. The maximum Gasteiger partial charge on any atom is 0.142 e. The van der Waals surface area contributed by atoms with Crippen molar-refractivity contribution in [3.8, 4) is 6.07 Å². The standard InChI is InChI=1S/C32H39N7O/c1-23-15-28(16-24(2)35-23)36-13-14-37(29(20-36)17-26-7-5-4-6-8-26)21-30-22-38(19-25(3)40-30)31-10-9-27(18-33)39-32(31)11-12-34-39/h4-12,15-16,23,25,29-30,35H,13-14,17,19-22H2,1-3H3/t23?,25-,29?,30+/m1/s1. The number of hydrogen-bond donors (Lipinski definition) is 1. The molecule has 3 aliphatic heterocycles. The van der Waals surface area contributed by atoms with Crippen molar-refractivity contribution in [3.05, 3.63) is 89.5 Å². The van der Waals surface area contributed by atoms with Gasteiger partial charge in [-0.15, -0.1) is 0 Å². The van der Waals surface area contributed by atoms with Crippen LogP contribution in [0.1, 0.15) is 32.0 Å². The lowest BCUT2D eigenvalue weighted by Crippen LogP contribution is -2.58. The molecule has 2 fully saturated rings. The average molecular weight is 538 g/mol. The van der Waals surface area contributed by atoms with Crippen molar-refractivity contribution in [2.24, 2.45) is 0 Å². The highest BCUT2D eigenvalue weighted by molar-refractivity contribution is 5.74. The zero-order chi connectivity index (χ0) is 27.6. The molecule has 6 rings (SSSR count). The molecule has 2 aromatic heterocycles. The van der Waals surface area contributed by atoms with Crippen LogP contribution < -0.4 is 10.2 Å². The van der Waals surface area contributed by atoms with E-state index in [1.165, 1.54) is 17.0 Å². The number of nitriles is 1. The lowest BCUT2D eigenvalue weighted by Gasteiger charge is -2.46. The van der Waals surface area contributed by atoms with Crippen LogP contribution in [0.25, 0.3) is 5.52 Å². The second-order valence-electron chi connectivity index (χ2n) is 11.5. The molecule has 2 unspecified atom stereocenters. The Morgan fingerprint density at radius 2 is 1.88 bits per heavy atom. The maximum atomic E-state index is 9.52. The summed E-state index contributed by atoms with van der Waals surface area (Å²) in [6.07, 6.45) is 7.62. The Bertz CT molecular complexity index is 1440. The van der Waals surface area contributed by atoms with E-state index in [-0.39, 0.29) is 12.2 Å². The number of piperazine rings is 1. The maximum absolute atomic E-state index is 9.52. The fourth-order valence-corrected chi connectivity index (χ4v) is 6.57. The van der Waals surface area contributed by atoms with Gasteiger partial charge < -0.3 is 19.9 Å². The Balaban J connectivity index is 1.21. The van der Waals surface area contributed by atoms with Crippen molar-refractivity contribution >= 4 is 11.2 Å². The number of nitrogens with zero attached hydrogens (tertiary/aromatic N) is 6. The number of benzene rings is 1. The number of pyridine rings is 1. The molecular weight excluding hydrogens is 498 g/mol. The fourth-order valence-electron chi connectivity index (χ4n) is 6.57. The van der Waals surface area contributed by atoms with Crippen LogP contribution in [0.15, 0.2) is 78.3 Å². The van der Waals surface area contributed by atoms with Gasteiger partial charge in [0.2, 0.25) is 0 Å². The van der Waals surface area contributed by atoms with Crippen LogP contribution in [0, 0.1) is 11.3 Å². The molecule has 0 bridgehead atoms. The highest BCUT2D eigenvalue weighted by Gasteiger charge is 2.34. The molecule has 0 amide bonds. The molecule has 0 radical (unpaired) electrons. The van der Waals surface area contributed by atoms with Gasteiger partial charge in [-0.2, -0.15) is 10.4 Å². The predicted molar refractivity (Wildman–Crippen MR) is 158 cm³/mol.